The molecule has 6 aromatic rings. The Bertz CT molecular complexity index is 1710. The van der Waals surface area contributed by atoms with E-state index in [-0.39, 0.29) is 0 Å². The number of para-hydroxylation sites is 1. The van der Waals surface area contributed by atoms with Crippen LogP contribution in [0.3, 0.4) is 0 Å². The van der Waals surface area contributed by atoms with Crippen molar-refractivity contribution in [3.05, 3.63) is 101 Å². The molecule has 0 radical (unpaired) electrons. The minimum Gasteiger partial charge on any atom is -0.487 e. The summed E-state index contributed by atoms with van der Waals surface area (Å²) in [6.45, 7) is 4.39. The molecule has 0 atom stereocenters. The molecule has 0 aliphatic heterocycles. The van der Waals surface area contributed by atoms with Crippen molar-refractivity contribution in [2.24, 2.45) is 0 Å². The monoisotopic (exact) mass is 464 g/mol. The third-order valence-corrected chi connectivity index (χ3v) is 6.36. The van der Waals surface area contributed by atoms with Crippen molar-refractivity contribution in [3.8, 4) is 17.1 Å². The third kappa shape index (κ3) is 3.45. The van der Waals surface area contributed by atoms with Gasteiger partial charge in [-0.15, -0.1) is 0 Å². The van der Waals surface area contributed by atoms with Crippen LogP contribution in [0.1, 0.15) is 17.1 Å². The average molecular weight is 465 g/mol. The van der Waals surface area contributed by atoms with E-state index in [0.29, 0.717) is 11.6 Å². The lowest BCUT2D eigenvalue weighted by Gasteiger charge is -2.11. The Balaban J connectivity index is 1.41. The van der Waals surface area contributed by atoms with Crippen LogP contribution in [0.5, 0.6) is 5.75 Å². The molecule has 0 saturated heterocycles. The predicted molar refractivity (Wildman–Crippen MR) is 136 cm³/mol. The zero-order valence-electron chi connectivity index (χ0n) is 18.8. The lowest BCUT2D eigenvalue weighted by molar-refractivity contribution is 0.302. The Hall–Kier alpha value is -3.96. The first kappa shape index (κ1) is 20.6. The number of pyridine rings is 1. The predicted octanol–water partition coefficient (Wildman–Crippen LogP) is 6.95. The van der Waals surface area contributed by atoms with Gasteiger partial charge >= 0.3 is 0 Å². The number of aryl methyl sites for hydroxylation is 2. The van der Waals surface area contributed by atoms with Crippen LogP contribution in [0.25, 0.3) is 38.8 Å². The number of hydrogen-bond donors (Lipinski definition) is 0. The number of ether oxygens (including phenoxy) is 1. The second-order valence-electron chi connectivity index (χ2n) is 8.32. The second-order valence-corrected chi connectivity index (χ2v) is 8.72. The summed E-state index contributed by atoms with van der Waals surface area (Å²) in [6.07, 6.45) is 0. The van der Waals surface area contributed by atoms with Gasteiger partial charge in [-0.3, -0.25) is 4.40 Å². The van der Waals surface area contributed by atoms with E-state index in [1.165, 1.54) is 0 Å². The lowest BCUT2D eigenvalue weighted by Crippen LogP contribution is -2.00. The molecule has 0 N–H and O–H groups in total. The zero-order chi connectivity index (χ0) is 23.2. The molecule has 0 aliphatic rings. The van der Waals surface area contributed by atoms with Crippen LogP contribution >= 0.6 is 11.6 Å². The molecule has 6 heteroatoms. The normalized spacial score (nSPS) is 11.5. The second kappa shape index (κ2) is 8.12. The highest BCUT2D eigenvalue weighted by atomic mass is 35.5. The quantitative estimate of drug-likeness (QED) is 0.283. The maximum absolute atomic E-state index is 6.53. The number of nitrogens with zero attached hydrogens (tertiary/aromatic N) is 4. The topological polar surface area (TPSA) is 52.3 Å². The summed E-state index contributed by atoms with van der Waals surface area (Å²) in [5.41, 5.74) is 7.34. The number of rotatable bonds is 4. The standard InChI is InChI=1S/C28H21ClN4O/c1-17-27-18(2)31-28(22-8-4-5-9-23(22)29)33(27)26-14-13-21(15-25(26)30-17)34-16-20-12-11-19-7-3-6-10-24(19)32-20/h3-15H,16H2,1-2H3. The van der Waals surface area contributed by atoms with Crippen LogP contribution in [-0.2, 0) is 6.61 Å². The van der Waals surface area contributed by atoms with Crippen molar-refractivity contribution in [2.45, 2.75) is 20.5 Å². The molecule has 0 spiro atoms. The van der Waals surface area contributed by atoms with Crippen molar-refractivity contribution in [2.75, 3.05) is 0 Å². The number of aromatic nitrogens is 4. The van der Waals surface area contributed by atoms with Gasteiger partial charge in [-0.25, -0.2) is 15.0 Å². The minimum atomic E-state index is 0.382. The van der Waals surface area contributed by atoms with E-state index in [4.69, 9.17) is 31.3 Å². The van der Waals surface area contributed by atoms with E-state index in [9.17, 15) is 0 Å². The van der Waals surface area contributed by atoms with Crippen molar-refractivity contribution in [1.29, 1.82) is 0 Å². The molecule has 34 heavy (non-hydrogen) atoms. The van der Waals surface area contributed by atoms with Gasteiger partial charge in [-0.1, -0.05) is 48.0 Å². The fourth-order valence-corrected chi connectivity index (χ4v) is 4.68. The van der Waals surface area contributed by atoms with E-state index in [2.05, 4.69) is 16.5 Å². The van der Waals surface area contributed by atoms with Crippen LogP contribution in [0.2, 0.25) is 5.02 Å². The molecule has 0 aliphatic carbocycles. The van der Waals surface area contributed by atoms with E-state index in [1.54, 1.807) is 0 Å². The SMILES string of the molecule is Cc1nc(-c2ccccc2Cl)n2c1c(C)nc1cc(OCc3ccc4ccccc4n3)ccc12. The summed E-state index contributed by atoms with van der Waals surface area (Å²) in [5, 5.41) is 1.78. The molecule has 3 heterocycles. The molecular weight excluding hydrogens is 444 g/mol. The molecule has 5 nitrogen and oxygen atoms in total. The van der Waals surface area contributed by atoms with Crippen LogP contribution in [-0.4, -0.2) is 19.4 Å². The summed E-state index contributed by atoms with van der Waals surface area (Å²) in [4.78, 5) is 14.4. The summed E-state index contributed by atoms with van der Waals surface area (Å²) in [6, 6.07) is 25.9. The van der Waals surface area contributed by atoms with Crippen molar-refractivity contribution >= 4 is 39.1 Å². The first-order valence-corrected chi connectivity index (χ1v) is 11.5. The van der Waals surface area contributed by atoms with Crippen molar-refractivity contribution < 1.29 is 4.74 Å². The molecule has 0 amide bonds. The average Bonchev–Trinajstić information content (AvgIpc) is 3.20. The van der Waals surface area contributed by atoms with E-state index >= 15 is 0 Å². The fourth-order valence-electron chi connectivity index (χ4n) is 4.46. The van der Waals surface area contributed by atoms with Gasteiger partial charge in [-0.05, 0) is 50.2 Å². The highest BCUT2D eigenvalue weighted by Crippen LogP contribution is 2.33. The van der Waals surface area contributed by atoms with Crippen LogP contribution in [0.4, 0.5) is 0 Å². The number of hydrogen-bond acceptors (Lipinski definition) is 4. The molecule has 3 aromatic carbocycles. The Labute approximate surface area is 201 Å². The van der Waals surface area contributed by atoms with Gasteiger partial charge in [0, 0.05) is 17.0 Å². The Morgan fingerprint density at radius 1 is 0.794 bits per heavy atom. The summed E-state index contributed by atoms with van der Waals surface area (Å²) < 4.78 is 8.23. The van der Waals surface area contributed by atoms with Gasteiger partial charge in [0.15, 0.2) is 0 Å². The van der Waals surface area contributed by atoms with Gasteiger partial charge < -0.3 is 4.74 Å². The molecule has 166 valence electrons. The number of imidazole rings is 1. The van der Waals surface area contributed by atoms with Crippen LogP contribution in [0, 0.1) is 13.8 Å². The van der Waals surface area contributed by atoms with E-state index < -0.39 is 0 Å². The maximum atomic E-state index is 6.53. The highest BCUT2D eigenvalue weighted by Gasteiger charge is 2.18. The van der Waals surface area contributed by atoms with Gasteiger partial charge in [-0.2, -0.15) is 0 Å². The number of benzene rings is 3. The third-order valence-electron chi connectivity index (χ3n) is 6.03. The summed E-state index contributed by atoms with van der Waals surface area (Å²) in [7, 11) is 0. The first-order chi connectivity index (χ1) is 16.6. The lowest BCUT2D eigenvalue weighted by atomic mass is 10.2. The minimum absolute atomic E-state index is 0.382. The largest absolute Gasteiger partial charge is 0.487 e. The molecule has 0 fully saturated rings. The Morgan fingerprint density at radius 2 is 1.59 bits per heavy atom. The highest BCUT2D eigenvalue weighted by molar-refractivity contribution is 6.33. The molecular formula is C28H21ClN4O. The zero-order valence-corrected chi connectivity index (χ0v) is 19.5. The van der Waals surface area contributed by atoms with E-state index in [1.807, 2.05) is 80.6 Å². The van der Waals surface area contributed by atoms with E-state index in [0.717, 1.165) is 61.7 Å². The van der Waals surface area contributed by atoms with Gasteiger partial charge in [0.2, 0.25) is 0 Å². The molecule has 3 aromatic heterocycles. The molecule has 6 rings (SSSR count). The van der Waals surface area contributed by atoms with Crippen molar-refractivity contribution in [1.82, 2.24) is 19.4 Å². The number of halogens is 1. The Kier molecular flexibility index (Phi) is 4.93. The maximum Gasteiger partial charge on any atom is 0.146 e. The van der Waals surface area contributed by atoms with Crippen LogP contribution < -0.4 is 4.74 Å². The number of fused-ring (bicyclic) bond motifs is 4. The van der Waals surface area contributed by atoms with Crippen LogP contribution in [0.15, 0.2) is 78.9 Å². The summed E-state index contributed by atoms with van der Waals surface area (Å²) >= 11 is 6.53. The first-order valence-electron chi connectivity index (χ1n) is 11.1. The molecule has 0 unspecified atom stereocenters. The van der Waals surface area contributed by atoms with Crippen molar-refractivity contribution in [3.63, 3.8) is 0 Å². The summed E-state index contributed by atoms with van der Waals surface area (Å²) in [5.74, 6) is 1.55. The molecule has 0 bridgehead atoms. The van der Waals surface area contributed by atoms with Gasteiger partial charge in [0.1, 0.15) is 18.2 Å². The Morgan fingerprint density at radius 3 is 2.47 bits per heavy atom. The van der Waals surface area contributed by atoms with Gasteiger partial charge in [0.05, 0.1) is 44.2 Å². The fraction of sp³-hybridized carbons (Fsp3) is 0.107. The smallest absolute Gasteiger partial charge is 0.146 e. The van der Waals surface area contributed by atoms with Gasteiger partial charge in [0.25, 0.3) is 0 Å². The molecule has 0 saturated carbocycles.